The highest BCUT2D eigenvalue weighted by Gasteiger charge is 2.22. The predicted octanol–water partition coefficient (Wildman–Crippen LogP) is 2.67. The van der Waals surface area contributed by atoms with E-state index in [1.165, 1.54) is 19.3 Å². The third-order valence-electron chi connectivity index (χ3n) is 4.56. The summed E-state index contributed by atoms with van der Waals surface area (Å²) in [5, 5.41) is 9.33. The van der Waals surface area contributed by atoms with Gasteiger partial charge >= 0.3 is 6.55 Å². The van der Waals surface area contributed by atoms with E-state index in [1.54, 1.807) is 18.2 Å². The Morgan fingerprint density at radius 3 is 2.65 bits per heavy atom. The van der Waals surface area contributed by atoms with Crippen LogP contribution in [0.25, 0.3) is 0 Å². The third-order valence-corrected chi connectivity index (χ3v) is 4.56. The number of hydrogen-bond acceptors (Lipinski definition) is 5. The van der Waals surface area contributed by atoms with Gasteiger partial charge in [-0.15, -0.1) is 0 Å². The molecular formula is C18H19F2N5O. The lowest BCUT2D eigenvalue weighted by atomic mass is 10.1. The monoisotopic (exact) mass is 359 g/mol. The lowest BCUT2D eigenvalue weighted by Gasteiger charge is -2.36. The smallest absolute Gasteiger partial charge is 0.319 e. The van der Waals surface area contributed by atoms with Gasteiger partial charge in [-0.2, -0.15) is 14.0 Å². The number of alkyl halides is 2. The molecule has 6 nitrogen and oxygen atoms in total. The lowest BCUT2D eigenvalue weighted by molar-refractivity contribution is 0.0636. The van der Waals surface area contributed by atoms with Crippen LogP contribution in [-0.2, 0) is 6.54 Å². The highest BCUT2D eigenvalue weighted by atomic mass is 19.3. The highest BCUT2D eigenvalue weighted by molar-refractivity contribution is 5.95. The molecule has 2 aromatic rings. The van der Waals surface area contributed by atoms with Crippen molar-refractivity contribution in [2.45, 2.75) is 20.0 Å². The molecule has 1 fully saturated rings. The minimum atomic E-state index is -2.60. The zero-order chi connectivity index (χ0) is 18.7. The van der Waals surface area contributed by atoms with Crippen LogP contribution >= 0.6 is 0 Å². The van der Waals surface area contributed by atoms with Crippen LogP contribution in [0.2, 0.25) is 0 Å². The minimum Gasteiger partial charge on any atom is -0.368 e. The Labute approximate surface area is 150 Å². The normalized spacial score (nSPS) is 15.3. The second-order valence-corrected chi connectivity index (χ2v) is 6.19. The van der Waals surface area contributed by atoms with E-state index in [4.69, 9.17) is 0 Å². The topological polar surface area (TPSA) is 65.2 Å². The number of nitrogens with zero attached hydrogens (tertiary/aromatic N) is 5. The molecule has 0 unspecified atom stereocenters. The van der Waals surface area contributed by atoms with E-state index in [2.05, 4.69) is 20.9 Å². The van der Waals surface area contributed by atoms with Gasteiger partial charge in [-0.3, -0.25) is 14.3 Å². The number of imidazole rings is 1. The zero-order valence-corrected chi connectivity index (χ0v) is 14.4. The third kappa shape index (κ3) is 3.73. The molecule has 1 aromatic carbocycles. The first-order valence-electron chi connectivity index (χ1n) is 8.32. The molecule has 0 atom stereocenters. The lowest BCUT2D eigenvalue weighted by Crippen LogP contribution is -2.46. The zero-order valence-electron chi connectivity index (χ0n) is 14.4. The Bertz CT molecular complexity index is 834. The van der Waals surface area contributed by atoms with Crippen LogP contribution in [-0.4, -0.2) is 46.4 Å². The molecule has 3 rings (SSSR count). The molecule has 1 saturated heterocycles. The number of carbonyl (C=O) groups is 1. The van der Waals surface area contributed by atoms with Gasteiger partial charge in [0.05, 0.1) is 17.8 Å². The van der Waals surface area contributed by atoms with E-state index in [1.807, 2.05) is 0 Å². The summed E-state index contributed by atoms with van der Waals surface area (Å²) < 4.78 is 26.7. The van der Waals surface area contributed by atoms with Crippen LogP contribution < -0.4 is 4.90 Å². The largest absolute Gasteiger partial charge is 0.368 e. The summed E-state index contributed by atoms with van der Waals surface area (Å²) in [7, 11) is 0. The first-order chi connectivity index (χ1) is 12.5. The Hall–Kier alpha value is -2.79. The van der Waals surface area contributed by atoms with E-state index in [-0.39, 0.29) is 5.78 Å². The summed E-state index contributed by atoms with van der Waals surface area (Å²) in [5.74, 6) is 0.290. The van der Waals surface area contributed by atoms with Crippen LogP contribution in [0.3, 0.4) is 0 Å². The molecule has 1 aromatic heterocycles. The number of benzene rings is 1. The number of rotatable bonds is 5. The van der Waals surface area contributed by atoms with E-state index >= 15 is 0 Å². The summed E-state index contributed by atoms with van der Waals surface area (Å²) in [6, 6.07) is 7.24. The van der Waals surface area contributed by atoms with Gasteiger partial charge in [0.15, 0.2) is 5.78 Å². The molecule has 136 valence electrons. The van der Waals surface area contributed by atoms with Crippen molar-refractivity contribution >= 4 is 11.5 Å². The number of halogens is 2. The molecule has 0 radical (unpaired) electrons. The van der Waals surface area contributed by atoms with Crippen LogP contribution in [0, 0.1) is 11.3 Å². The van der Waals surface area contributed by atoms with Crippen molar-refractivity contribution in [3.8, 4) is 6.07 Å². The van der Waals surface area contributed by atoms with Gasteiger partial charge in [0.25, 0.3) is 0 Å². The van der Waals surface area contributed by atoms with Crippen molar-refractivity contribution < 1.29 is 13.6 Å². The number of ketones is 1. The van der Waals surface area contributed by atoms with Gasteiger partial charge < -0.3 is 4.90 Å². The van der Waals surface area contributed by atoms with Gasteiger partial charge in [-0.25, -0.2) is 4.98 Å². The first kappa shape index (κ1) is 18.0. The fourth-order valence-electron chi connectivity index (χ4n) is 3.10. The second kappa shape index (κ2) is 7.62. The molecule has 0 spiro atoms. The number of nitriles is 1. The molecule has 0 saturated carbocycles. The maximum Gasteiger partial charge on any atom is 0.319 e. The summed E-state index contributed by atoms with van der Waals surface area (Å²) in [5.41, 5.74) is 1.84. The van der Waals surface area contributed by atoms with Gasteiger partial charge in [0.2, 0.25) is 0 Å². The van der Waals surface area contributed by atoms with E-state index < -0.39 is 6.55 Å². The van der Waals surface area contributed by atoms with Crippen molar-refractivity contribution in [1.29, 1.82) is 5.26 Å². The van der Waals surface area contributed by atoms with Crippen molar-refractivity contribution in [3.63, 3.8) is 0 Å². The summed E-state index contributed by atoms with van der Waals surface area (Å²) in [6.07, 6.45) is 2.66. The Morgan fingerprint density at radius 2 is 2.04 bits per heavy atom. The second-order valence-electron chi connectivity index (χ2n) is 6.19. The molecule has 2 heterocycles. The van der Waals surface area contributed by atoms with Gasteiger partial charge in [0.1, 0.15) is 11.9 Å². The Balaban J connectivity index is 1.69. The van der Waals surface area contributed by atoms with Gasteiger partial charge in [-0.05, 0) is 25.1 Å². The van der Waals surface area contributed by atoms with Crippen molar-refractivity contribution in [1.82, 2.24) is 14.5 Å². The minimum absolute atomic E-state index is 0.0480. The summed E-state index contributed by atoms with van der Waals surface area (Å²) in [6.45, 7) is 1.85. The molecule has 8 heteroatoms. The number of hydrogen-bond donors (Lipinski definition) is 0. The van der Waals surface area contributed by atoms with Crippen molar-refractivity contribution in [2.24, 2.45) is 0 Å². The number of piperazine rings is 1. The van der Waals surface area contributed by atoms with Gasteiger partial charge in [-0.1, -0.05) is 0 Å². The molecule has 0 N–H and O–H groups in total. The molecule has 0 aliphatic carbocycles. The molecule has 0 amide bonds. The summed E-state index contributed by atoms with van der Waals surface area (Å²) >= 11 is 0. The van der Waals surface area contributed by atoms with E-state index in [0.717, 1.165) is 10.3 Å². The molecular weight excluding hydrogens is 340 g/mol. The van der Waals surface area contributed by atoms with Crippen LogP contribution in [0.1, 0.15) is 35.2 Å². The van der Waals surface area contributed by atoms with Crippen LogP contribution in [0.15, 0.2) is 30.6 Å². The highest BCUT2D eigenvalue weighted by Crippen LogP contribution is 2.24. The maximum atomic E-state index is 12.9. The van der Waals surface area contributed by atoms with Crippen molar-refractivity contribution in [3.05, 3.63) is 47.5 Å². The average Bonchev–Trinajstić information content (AvgIpc) is 3.10. The molecule has 1 aliphatic heterocycles. The van der Waals surface area contributed by atoms with E-state index in [0.29, 0.717) is 49.7 Å². The quantitative estimate of drug-likeness (QED) is 0.768. The van der Waals surface area contributed by atoms with Gasteiger partial charge in [0, 0.05) is 44.1 Å². The summed E-state index contributed by atoms with van der Waals surface area (Å²) in [4.78, 5) is 19.7. The standard InChI is InChI=1S/C18H19F2N5O/c1-13(26)14-2-3-15(11-21)16(10-14)24-8-6-23(7-9-24)12-17-22-4-5-25(17)18(19)20/h2-5,10,18H,6-9,12H2,1H3. The fraction of sp³-hybridized carbons (Fsp3) is 0.389. The Kier molecular flexibility index (Phi) is 5.28. The number of anilines is 1. The number of carbonyl (C=O) groups excluding carboxylic acids is 1. The van der Waals surface area contributed by atoms with E-state index in [9.17, 15) is 18.8 Å². The molecule has 1 aliphatic rings. The maximum absolute atomic E-state index is 12.9. The molecule has 26 heavy (non-hydrogen) atoms. The van der Waals surface area contributed by atoms with Crippen LogP contribution in [0.4, 0.5) is 14.5 Å². The average molecular weight is 359 g/mol. The Morgan fingerprint density at radius 1 is 1.31 bits per heavy atom. The number of aromatic nitrogens is 2. The molecule has 0 bridgehead atoms. The van der Waals surface area contributed by atoms with Crippen molar-refractivity contribution in [2.75, 3.05) is 31.1 Å². The predicted molar refractivity (Wildman–Crippen MR) is 92.1 cm³/mol. The fourth-order valence-corrected chi connectivity index (χ4v) is 3.10. The van der Waals surface area contributed by atoms with Crippen LogP contribution in [0.5, 0.6) is 0 Å². The number of Topliss-reactive ketones (excluding diaryl/α,β-unsaturated/α-hetero) is 1. The SMILES string of the molecule is CC(=O)c1ccc(C#N)c(N2CCN(Cc3nccn3C(F)F)CC2)c1. The first-order valence-corrected chi connectivity index (χ1v) is 8.32.